The number of nitrogens with zero attached hydrogens (tertiary/aromatic N) is 1. The first-order valence-corrected chi connectivity index (χ1v) is 5.61. The van der Waals surface area contributed by atoms with Crippen molar-refractivity contribution in [3.63, 3.8) is 0 Å². The summed E-state index contributed by atoms with van der Waals surface area (Å²) in [5, 5.41) is 16.5. The fraction of sp³-hybridized carbons (Fsp3) is 0. The summed E-state index contributed by atoms with van der Waals surface area (Å²) in [5.41, 5.74) is 1.79. The van der Waals surface area contributed by atoms with E-state index in [1.54, 1.807) is 24.4 Å². The summed E-state index contributed by atoms with van der Waals surface area (Å²) in [6.45, 7) is 0. The zero-order valence-corrected chi connectivity index (χ0v) is 9.72. The fourth-order valence-corrected chi connectivity index (χ4v) is 1.99. The maximum atomic E-state index is 13.8. The lowest BCUT2D eigenvalue weighted by Crippen LogP contribution is -1.97. The van der Waals surface area contributed by atoms with Gasteiger partial charge in [-0.05, 0) is 35.9 Å². The predicted molar refractivity (Wildman–Crippen MR) is 68.4 cm³/mol. The molecule has 0 radical (unpaired) electrons. The molecule has 2 N–H and O–H groups in total. The largest absolute Gasteiger partial charge is 0.478 e. The Morgan fingerprint density at radius 2 is 2.05 bits per heavy atom. The molecule has 19 heavy (non-hydrogen) atoms. The van der Waals surface area contributed by atoms with Crippen LogP contribution in [0.2, 0.25) is 0 Å². The van der Waals surface area contributed by atoms with Gasteiger partial charge in [-0.25, -0.2) is 9.18 Å². The van der Waals surface area contributed by atoms with Crippen LogP contribution in [0.5, 0.6) is 0 Å². The average molecular weight is 256 g/mol. The van der Waals surface area contributed by atoms with Crippen LogP contribution in [0.15, 0.2) is 42.6 Å². The van der Waals surface area contributed by atoms with E-state index < -0.39 is 11.8 Å². The van der Waals surface area contributed by atoms with Crippen molar-refractivity contribution in [2.45, 2.75) is 0 Å². The Hall–Kier alpha value is -2.69. The Labute approximate surface area is 107 Å². The zero-order chi connectivity index (χ0) is 13.4. The molecule has 0 saturated carbocycles. The number of hydrogen-bond donors (Lipinski definition) is 2. The molecule has 5 heteroatoms. The molecule has 0 fully saturated rings. The summed E-state index contributed by atoms with van der Waals surface area (Å²) in [5.74, 6) is -1.53. The van der Waals surface area contributed by atoms with Crippen LogP contribution >= 0.6 is 0 Å². The van der Waals surface area contributed by atoms with Crippen molar-refractivity contribution >= 4 is 16.9 Å². The smallest absolute Gasteiger partial charge is 0.335 e. The van der Waals surface area contributed by atoms with Gasteiger partial charge < -0.3 is 5.11 Å². The Morgan fingerprint density at radius 3 is 2.84 bits per heavy atom. The van der Waals surface area contributed by atoms with Crippen molar-refractivity contribution in [1.29, 1.82) is 0 Å². The highest BCUT2D eigenvalue weighted by Gasteiger charge is 2.10. The van der Waals surface area contributed by atoms with Gasteiger partial charge in [0.2, 0.25) is 0 Å². The Balaban J connectivity index is 2.19. The number of halogens is 1. The second-order valence-electron chi connectivity index (χ2n) is 4.17. The minimum atomic E-state index is -1.08. The van der Waals surface area contributed by atoms with Gasteiger partial charge in [0.1, 0.15) is 5.82 Å². The molecule has 0 atom stereocenters. The van der Waals surface area contributed by atoms with Crippen molar-refractivity contribution < 1.29 is 14.3 Å². The summed E-state index contributed by atoms with van der Waals surface area (Å²) in [6.07, 6.45) is 1.64. The predicted octanol–water partition coefficient (Wildman–Crippen LogP) is 3.07. The number of nitrogens with one attached hydrogen (secondary N) is 1. The lowest BCUT2D eigenvalue weighted by Gasteiger charge is -2.05. The highest BCUT2D eigenvalue weighted by molar-refractivity contribution is 5.90. The van der Waals surface area contributed by atoms with E-state index in [2.05, 4.69) is 10.2 Å². The zero-order valence-electron chi connectivity index (χ0n) is 9.72. The second-order valence-corrected chi connectivity index (χ2v) is 4.17. The molecule has 3 rings (SSSR count). The third-order valence-electron chi connectivity index (χ3n) is 2.96. The molecule has 0 saturated heterocycles. The number of aromatic carboxylic acids is 1. The van der Waals surface area contributed by atoms with Crippen LogP contribution < -0.4 is 0 Å². The summed E-state index contributed by atoms with van der Waals surface area (Å²) in [7, 11) is 0. The summed E-state index contributed by atoms with van der Waals surface area (Å²) in [6, 6.07) is 9.02. The normalized spacial score (nSPS) is 10.8. The number of benzene rings is 2. The van der Waals surface area contributed by atoms with Crippen molar-refractivity contribution in [1.82, 2.24) is 10.2 Å². The maximum absolute atomic E-state index is 13.8. The molecule has 0 unspecified atom stereocenters. The molecule has 0 bridgehead atoms. The molecular formula is C14H9FN2O2. The van der Waals surface area contributed by atoms with Gasteiger partial charge in [-0.15, -0.1) is 0 Å². The van der Waals surface area contributed by atoms with Gasteiger partial charge in [0.25, 0.3) is 0 Å². The summed E-state index contributed by atoms with van der Waals surface area (Å²) < 4.78 is 13.8. The monoisotopic (exact) mass is 256 g/mol. The lowest BCUT2D eigenvalue weighted by atomic mass is 10.0. The van der Waals surface area contributed by atoms with Crippen LogP contribution in [0.25, 0.3) is 22.0 Å². The van der Waals surface area contributed by atoms with Crippen LogP contribution in [-0.2, 0) is 0 Å². The summed E-state index contributed by atoms with van der Waals surface area (Å²) >= 11 is 0. The number of rotatable bonds is 2. The first-order chi connectivity index (χ1) is 9.15. The fourth-order valence-electron chi connectivity index (χ4n) is 1.99. The Bertz CT molecular complexity index is 780. The molecule has 0 aliphatic carbocycles. The third-order valence-corrected chi connectivity index (χ3v) is 2.96. The first-order valence-electron chi connectivity index (χ1n) is 5.61. The molecule has 94 valence electrons. The number of carbonyl (C=O) groups is 1. The molecule has 0 spiro atoms. The van der Waals surface area contributed by atoms with Gasteiger partial charge in [-0.3, -0.25) is 5.10 Å². The van der Waals surface area contributed by atoms with E-state index >= 15 is 0 Å². The van der Waals surface area contributed by atoms with E-state index in [9.17, 15) is 9.18 Å². The third kappa shape index (κ3) is 1.95. The minimum absolute atomic E-state index is 0.0590. The number of H-pyrrole nitrogens is 1. The van der Waals surface area contributed by atoms with Gasteiger partial charge in [0.15, 0.2) is 0 Å². The topological polar surface area (TPSA) is 66.0 Å². The highest BCUT2D eigenvalue weighted by Crippen LogP contribution is 2.26. The number of carboxylic acid groups (broad SMARTS) is 1. The SMILES string of the molecule is O=C(O)c1ccc(F)c(-c2ccc3[nH]ncc3c2)c1. The van der Waals surface area contributed by atoms with Crippen LogP contribution in [0.4, 0.5) is 4.39 Å². The van der Waals surface area contributed by atoms with Gasteiger partial charge >= 0.3 is 5.97 Å². The molecule has 0 amide bonds. The number of aromatic amines is 1. The number of hydrogen-bond acceptors (Lipinski definition) is 2. The maximum Gasteiger partial charge on any atom is 0.335 e. The molecule has 4 nitrogen and oxygen atoms in total. The summed E-state index contributed by atoms with van der Waals surface area (Å²) in [4.78, 5) is 10.9. The second kappa shape index (κ2) is 4.20. The first kappa shape index (κ1) is 11.4. The minimum Gasteiger partial charge on any atom is -0.478 e. The van der Waals surface area contributed by atoms with Crippen molar-refractivity contribution in [2.24, 2.45) is 0 Å². The van der Waals surface area contributed by atoms with E-state index in [1.807, 2.05) is 0 Å². The van der Waals surface area contributed by atoms with Crippen LogP contribution in [0.1, 0.15) is 10.4 Å². The van der Waals surface area contributed by atoms with Crippen molar-refractivity contribution in [3.8, 4) is 11.1 Å². The van der Waals surface area contributed by atoms with E-state index in [4.69, 9.17) is 5.11 Å². The van der Waals surface area contributed by atoms with Crippen molar-refractivity contribution in [3.05, 3.63) is 54.0 Å². The average Bonchev–Trinajstić information content (AvgIpc) is 2.86. The van der Waals surface area contributed by atoms with Gasteiger partial charge in [-0.2, -0.15) is 5.10 Å². The van der Waals surface area contributed by atoms with E-state index in [-0.39, 0.29) is 11.1 Å². The van der Waals surface area contributed by atoms with Gasteiger partial charge in [-0.1, -0.05) is 6.07 Å². The molecule has 0 aliphatic rings. The molecule has 0 aliphatic heterocycles. The highest BCUT2D eigenvalue weighted by atomic mass is 19.1. The van der Waals surface area contributed by atoms with Gasteiger partial charge in [0, 0.05) is 10.9 Å². The molecule has 1 aromatic heterocycles. The van der Waals surface area contributed by atoms with Crippen LogP contribution in [-0.4, -0.2) is 21.3 Å². The van der Waals surface area contributed by atoms with Crippen molar-refractivity contribution in [2.75, 3.05) is 0 Å². The quantitative estimate of drug-likeness (QED) is 0.740. The molecule has 1 heterocycles. The number of fused-ring (bicyclic) bond motifs is 1. The molecule has 3 aromatic rings. The van der Waals surface area contributed by atoms with E-state index in [1.165, 1.54) is 18.2 Å². The van der Waals surface area contributed by atoms with Crippen LogP contribution in [0.3, 0.4) is 0 Å². The van der Waals surface area contributed by atoms with E-state index in [0.29, 0.717) is 5.56 Å². The van der Waals surface area contributed by atoms with Gasteiger partial charge in [0.05, 0.1) is 17.3 Å². The Morgan fingerprint density at radius 1 is 1.21 bits per heavy atom. The lowest BCUT2D eigenvalue weighted by molar-refractivity contribution is 0.0697. The Kier molecular flexibility index (Phi) is 2.52. The standard InChI is InChI=1S/C14H9FN2O2/c15-12-3-1-9(14(18)19)6-11(12)8-2-4-13-10(5-8)7-16-17-13/h1-7H,(H,16,17)(H,18,19). The van der Waals surface area contributed by atoms with E-state index in [0.717, 1.165) is 10.9 Å². The molecular weight excluding hydrogens is 247 g/mol. The molecule has 2 aromatic carbocycles. The number of carboxylic acids is 1. The van der Waals surface area contributed by atoms with Crippen LogP contribution in [0, 0.1) is 5.82 Å². The number of aromatic nitrogens is 2.